The number of ether oxygens (including phenoxy) is 3. The van der Waals surface area contributed by atoms with Crippen LogP contribution in [-0.4, -0.2) is 48.3 Å². The van der Waals surface area contributed by atoms with Gasteiger partial charge >= 0.3 is 12.1 Å². The Morgan fingerprint density at radius 3 is 2.44 bits per heavy atom. The zero-order chi connectivity index (χ0) is 30.2. The molecule has 0 radical (unpaired) electrons. The fourth-order valence-electron chi connectivity index (χ4n) is 4.63. The molecule has 10 heteroatoms. The van der Waals surface area contributed by atoms with Crippen LogP contribution in [0.3, 0.4) is 0 Å². The summed E-state index contributed by atoms with van der Waals surface area (Å²) in [5, 5.41) is 0.245. The number of methoxy groups -OCH3 is 1. The van der Waals surface area contributed by atoms with E-state index >= 15 is 0 Å². The van der Waals surface area contributed by atoms with Gasteiger partial charge in [-0.3, -0.25) is 4.90 Å². The van der Waals surface area contributed by atoms with E-state index in [1.54, 1.807) is 21.0 Å². The Hall–Kier alpha value is -3.11. The highest BCUT2D eigenvalue weighted by molar-refractivity contribution is 7.08. The predicted molar refractivity (Wildman–Crippen MR) is 155 cm³/mol. The summed E-state index contributed by atoms with van der Waals surface area (Å²) in [6.45, 7) is 12.5. The van der Waals surface area contributed by atoms with Crippen LogP contribution in [0.1, 0.15) is 69.2 Å². The molecule has 0 amide bonds. The molecule has 1 aromatic heterocycles. The molecule has 3 aromatic rings. The third-order valence-electron chi connectivity index (χ3n) is 7.03. The SMILES string of the molecule is CCCCN1Cc2cc(OC)cc(C)c2C1.Cc1cccc2c1C(=O)OCC2.Cc1nsc(OCC(F)(F)F)c1C. The number of hydrogen-bond donors (Lipinski definition) is 0. The van der Waals surface area contributed by atoms with Gasteiger partial charge < -0.3 is 14.2 Å². The van der Waals surface area contributed by atoms with Crippen LogP contribution in [0.5, 0.6) is 10.8 Å². The molecule has 0 unspecified atom stereocenters. The number of cyclic esters (lactones) is 1. The third-order valence-corrected chi connectivity index (χ3v) is 7.98. The van der Waals surface area contributed by atoms with Crippen molar-refractivity contribution in [3.63, 3.8) is 0 Å². The molecule has 0 atom stereocenters. The number of nitrogens with zero attached hydrogens (tertiary/aromatic N) is 2. The van der Waals surface area contributed by atoms with Crippen molar-refractivity contribution in [1.29, 1.82) is 0 Å². The lowest BCUT2D eigenvalue weighted by Gasteiger charge is -2.16. The highest BCUT2D eigenvalue weighted by Crippen LogP contribution is 2.30. The number of aromatic nitrogens is 1. The highest BCUT2D eigenvalue weighted by atomic mass is 32.1. The van der Waals surface area contributed by atoms with Gasteiger partial charge in [0.25, 0.3) is 0 Å². The van der Waals surface area contributed by atoms with Gasteiger partial charge in [-0.15, -0.1) is 0 Å². The molecule has 6 nitrogen and oxygen atoms in total. The molecule has 0 N–H and O–H groups in total. The first kappa shape index (κ1) is 32.4. The molecule has 0 aliphatic carbocycles. The van der Waals surface area contributed by atoms with Gasteiger partial charge in [-0.25, -0.2) is 4.79 Å². The topological polar surface area (TPSA) is 60.9 Å². The molecule has 0 saturated heterocycles. The first-order valence-corrected chi connectivity index (χ1v) is 14.5. The molecule has 224 valence electrons. The summed E-state index contributed by atoms with van der Waals surface area (Å²) in [4.78, 5) is 13.8. The normalized spacial score (nSPS) is 14.1. The number of unbranched alkanes of at least 4 members (excludes halogenated alkanes) is 1. The smallest absolute Gasteiger partial charge is 0.422 e. The van der Waals surface area contributed by atoms with Crippen molar-refractivity contribution in [2.45, 2.75) is 73.1 Å². The number of halogens is 3. The van der Waals surface area contributed by atoms with Gasteiger partial charge in [0.1, 0.15) is 5.75 Å². The van der Waals surface area contributed by atoms with E-state index in [1.807, 2.05) is 25.1 Å². The standard InChI is InChI=1S/C14H21NO.C10H10O2.C7H8F3NOS/c1-4-5-6-15-9-12-8-13(16-3)7-11(2)14(12)10-15;1-7-3-2-4-8-5-6-12-10(11)9(7)8;1-4-5(2)11-13-6(4)12-3-7(8,9)10/h7-8H,4-6,9-10H2,1-3H3;2-4H,5-6H2,1H3;3H2,1-2H3. The lowest BCUT2D eigenvalue weighted by atomic mass is 9.98. The molecular formula is C31H39F3N2O4S. The van der Waals surface area contributed by atoms with Gasteiger partial charge in [-0.1, -0.05) is 31.5 Å². The second-order valence-corrected chi connectivity index (χ2v) is 11.0. The second kappa shape index (κ2) is 14.7. The van der Waals surface area contributed by atoms with Crippen LogP contribution in [-0.2, 0) is 24.2 Å². The number of aryl methyl sites for hydroxylation is 3. The Morgan fingerprint density at radius 2 is 1.83 bits per heavy atom. The number of fused-ring (bicyclic) bond motifs is 2. The average molecular weight is 593 g/mol. The van der Waals surface area contributed by atoms with E-state index in [2.05, 4.69) is 40.0 Å². The fraction of sp³-hybridized carbons (Fsp3) is 0.484. The zero-order valence-corrected chi connectivity index (χ0v) is 25.4. The Kier molecular flexibility index (Phi) is 11.6. The van der Waals surface area contributed by atoms with Crippen LogP contribution in [0, 0.1) is 27.7 Å². The van der Waals surface area contributed by atoms with E-state index in [1.165, 1.54) is 36.1 Å². The zero-order valence-electron chi connectivity index (χ0n) is 24.6. The first-order chi connectivity index (χ1) is 19.4. The number of rotatable bonds is 6. The number of carbonyl (C=O) groups excluding carboxylic acids is 1. The lowest BCUT2D eigenvalue weighted by Crippen LogP contribution is -2.19. The van der Waals surface area contributed by atoms with Crippen LogP contribution in [0.25, 0.3) is 0 Å². The number of hydrogen-bond acceptors (Lipinski definition) is 7. The summed E-state index contributed by atoms with van der Waals surface area (Å²) in [5.74, 6) is 0.822. The molecule has 0 bridgehead atoms. The van der Waals surface area contributed by atoms with Crippen LogP contribution >= 0.6 is 11.5 Å². The summed E-state index contributed by atoms with van der Waals surface area (Å²) in [5.41, 5.74) is 8.61. The molecule has 2 aliphatic rings. The Balaban J connectivity index is 0.000000171. The Labute approximate surface area is 244 Å². The van der Waals surface area contributed by atoms with E-state index in [9.17, 15) is 18.0 Å². The molecular weight excluding hydrogens is 553 g/mol. The van der Waals surface area contributed by atoms with Crippen molar-refractivity contribution < 1.29 is 32.2 Å². The Morgan fingerprint density at radius 1 is 1.07 bits per heavy atom. The lowest BCUT2D eigenvalue weighted by molar-refractivity contribution is -0.153. The van der Waals surface area contributed by atoms with Crippen LogP contribution in [0.2, 0.25) is 0 Å². The average Bonchev–Trinajstić information content (AvgIpc) is 3.49. The van der Waals surface area contributed by atoms with Gasteiger partial charge in [0.2, 0.25) is 0 Å². The minimum Gasteiger partial charge on any atom is -0.497 e. The predicted octanol–water partition coefficient (Wildman–Crippen LogP) is 7.53. The minimum atomic E-state index is -4.29. The molecule has 0 saturated carbocycles. The molecule has 0 spiro atoms. The van der Waals surface area contributed by atoms with Gasteiger partial charge in [-0.05, 0) is 80.6 Å². The third kappa shape index (κ3) is 9.19. The second-order valence-electron chi connectivity index (χ2n) is 10.2. The maximum Gasteiger partial charge on any atom is 0.422 e. The maximum absolute atomic E-state index is 11.7. The molecule has 3 heterocycles. The van der Waals surface area contributed by atoms with Crippen molar-refractivity contribution in [3.05, 3.63) is 75.0 Å². The summed E-state index contributed by atoms with van der Waals surface area (Å²) in [6, 6.07) is 10.2. The maximum atomic E-state index is 11.7. The largest absolute Gasteiger partial charge is 0.497 e. The summed E-state index contributed by atoms with van der Waals surface area (Å²) in [6.07, 6.45) is -0.869. The molecule has 41 heavy (non-hydrogen) atoms. The summed E-state index contributed by atoms with van der Waals surface area (Å²) in [7, 11) is 1.74. The van der Waals surface area contributed by atoms with Crippen molar-refractivity contribution in [2.75, 3.05) is 26.9 Å². The van der Waals surface area contributed by atoms with Gasteiger partial charge in [0.05, 0.1) is 25.0 Å². The molecule has 0 fully saturated rings. The van der Waals surface area contributed by atoms with Crippen LogP contribution in [0.15, 0.2) is 30.3 Å². The summed E-state index contributed by atoms with van der Waals surface area (Å²) < 4.78 is 53.9. The van der Waals surface area contributed by atoms with Gasteiger partial charge in [0.15, 0.2) is 11.7 Å². The number of alkyl halides is 3. The van der Waals surface area contributed by atoms with Crippen molar-refractivity contribution in [3.8, 4) is 10.8 Å². The van der Waals surface area contributed by atoms with E-state index in [4.69, 9.17) is 9.47 Å². The van der Waals surface area contributed by atoms with Gasteiger partial charge in [-0.2, -0.15) is 17.5 Å². The van der Waals surface area contributed by atoms with Gasteiger partial charge in [0, 0.05) is 36.6 Å². The minimum absolute atomic E-state index is 0.172. The molecule has 5 rings (SSSR count). The fourth-order valence-corrected chi connectivity index (χ4v) is 5.38. The van der Waals surface area contributed by atoms with E-state index < -0.39 is 12.8 Å². The van der Waals surface area contributed by atoms with E-state index in [0.717, 1.165) is 53.5 Å². The van der Waals surface area contributed by atoms with Crippen molar-refractivity contribution in [1.82, 2.24) is 9.27 Å². The van der Waals surface area contributed by atoms with Crippen molar-refractivity contribution in [2.24, 2.45) is 0 Å². The van der Waals surface area contributed by atoms with E-state index in [0.29, 0.717) is 17.9 Å². The molecule has 2 aromatic carbocycles. The Bertz CT molecular complexity index is 1320. The molecule has 2 aliphatic heterocycles. The quantitative estimate of drug-likeness (QED) is 0.276. The first-order valence-electron chi connectivity index (χ1n) is 13.7. The van der Waals surface area contributed by atoms with Crippen LogP contribution in [0.4, 0.5) is 13.2 Å². The van der Waals surface area contributed by atoms with E-state index in [-0.39, 0.29) is 11.0 Å². The number of benzene rings is 2. The van der Waals surface area contributed by atoms with Crippen molar-refractivity contribution >= 4 is 17.5 Å². The summed E-state index contributed by atoms with van der Waals surface area (Å²) >= 11 is 0.945. The van der Waals surface area contributed by atoms with Crippen LogP contribution < -0.4 is 9.47 Å². The highest BCUT2D eigenvalue weighted by Gasteiger charge is 2.29. The monoisotopic (exact) mass is 592 g/mol. The number of carbonyl (C=O) groups is 1. The number of esters is 1.